The van der Waals surface area contributed by atoms with Crippen molar-refractivity contribution < 1.29 is 13.2 Å². The third kappa shape index (κ3) is 4.57. The molecule has 0 bridgehead atoms. The largest absolute Gasteiger partial charge is 0.496 e. The molecule has 1 N–H and O–H groups in total. The van der Waals surface area contributed by atoms with Gasteiger partial charge in [0.2, 0.25) is 10.0 Å². The highest BCUT2D eigenvalue weighted by Gasteiger charge is 2.22. The molecule has 0 fully saturated rings. The number of methoxy groups -OCH3 is 1. The van der Waals surface area contributed by atoms with E-state index in [-0.39, 0.29) is 17.5 Å². The van der Waals surface area contributed by atoms with Gasteiger partial charge in [0.25, 0.3) is 0 Å². The van der Waals surface area contributed by atoms with Gasteiger partial charge in [0.1, 0.15) is 5.75 Å². The fourth-order valence-electron chi connectivity index (χ4n) is 2.98. The van der Waals surface area contributed by atoms with Gasteiger partial charge >= 0.3 is 0 Å². The highest BCUT2D eigenvalue weighted by atomic mass is 35.5. The van der Waals surface area contributed by atoms with Crippen molar-refractivity contribution >= 4 is 21.6 Å². The average Bonchev–Trinajstić information content (AvgIpc) is 2.56. The molecule has 0 aliphatic heterocycles. The summed E-state index contributed by atoms with van der Waals surface area (Å²) in [4.78, 5) is 2.17. The van der Waals surface area contributed by atoms with Gasteiger partial charge in [-0.05, 0) is 62.8 Å². The van der Waals surface area contributed by atoms with Crippen LogP contribution in [0.25, 0.3) is 0 Å². The number of aryl methyl sites for hydroxylation is 2. The number of hydrogen-bond acceptors (Lipinski definition) is 4. The quantitative estimate of drug-likeness (QED) is 0.777. The zero-order valence-electron chi connectivity index (χ0n) is 15.7. The molecular weight excluding hydrogens is 372 g/mol. The van der Waals surface area contributed by atoms with E-state index < -0.39 is 10.0 Å². The Kier molecular flexibility index (Phi) is 6.69. The number of benzene rings is 2. The van der Waals surface area contributed by atoms with E-state index in [1.54, 1.807) is 25.3 Å². The van der Waals surface area contributed by atoms with Gasteiger partial charge in [-0.15, -0.1) is 0 Å². The molecule has 0 saturated heterocycles. The van der Waals surface area contributed by atoms with Crippen LogP contribution in [-0.4, -0.2) is 41.1 Å². The summed E-state index contributed by atoms with van der Waals surface area (Å²) < 4.78 is 33.6. The Morgan fingerprint density at radius 3 is 2.23 bits per heavy atom. The van der Waals surface area contributed by atoms with Crippen LogP contribution in [0.5, 0.6) is 5.75 Å². The van der Waals surface area contributed by atoms with E-state index >= 15 is 0 Å². The number of likely N-dealkylation sites (N-methyl/N-ethyl adjacent to an activating group) is 1. The normalized spacial score (nSPS) is 13.0. The summed E-state index contributed by atoms with van der Waals surface area (Å²) in [6.45, 7) is 3.87. The molecule has 2 aromatic rings. The van der Waals surface area contributed by atoms with Gasteiger partial charge in [-0.3, -0.25) is 0 Å². The number of ether oxygens (including phenoxy) is 1. The fraction of sp³-hybridized carbons (Fsp3) is 0.368. The van der Waals surface area contributed by atoms with Crippen LogP contribution in [0.15, 0.2) is 41.3 Å². The van der Waals surface area contributed by atoms with Crippen LogP contribution in [0.2, 0.25) is 5.02 Å². The zero-order chi connectivity index (χ0) is 19.5. The number of halogens is 1. The molecule has 0 amide bonds. The lowest BCUT2D eigenvalue weighted by Crippen LogP contribution is -2.34. The second-order valence-corrected chi connectivity index (χ2v) is 8.62. The van der Waals surface area contributed by atoms with E-state index in [1.165, 1.54) is 0 Å². The van der Waals surface area contributed by atoms with Crippen LogP contribution in [0.3, 0.4) is 0 Å². The van der Waals surface area contributed by atoms with Crippen molar-refractivity contribution in [3.8, 4) is 5.75 Å². The predicted octanol–water partition coefficient (Wildman–Crippen LogP) is 3.55. The van der Waals surface area contributed by atoms with Crippen molar-refractivity contribution in [2.24, 2.45) is 0 Å². The first kappa shape index (κ1) is 20.7. The van der Waals surface area contributed by atoms with Crippen LogP contribution < -0.4 is 9.46 Å². The molecule has 0 aliphatic carbocycles. The van der Waals surface area contributed by atoms with Crippen molar-refractivity contribution in [3.63, 3.8) is 0 Å². The third-order valence-electron chi connectivity index (χ3n) is 4.30. The van der Waals surface area contributed by atoms with Crippen LogP contribution >= 0.6 is 11.6 Å². The van der Waals surface area contributed by atoms with Crippen molar-refractivity contribution in [2.75, 3.05) is 27.7 Å². The Balaban J connectivity index is 2.27. The maximum atomic E-state index is 12.8. The third-order valence-corrected chi connectivity index (χ3v) is 6.05. The lowest BCUT2D eigenvalue weighted by atomic mass is 10.1. The van der Waals surface area contributed by atoms with Crippen molar-refractivity contribution in [1.29, 1.82) is 0 Å². The van der Waals surface area contributed by atoms with Crippen molar-refractivity contribution in [1.82, 2.24) is 9.62 Å². The minimum Gasteiger partial charge on any atom is -0.496 e. The summed E-state index contributed by atoms with van der Waals surface area (Å²) in [7, 11) is 1.71. The van der Waals surface area contributed by atoms with Gasteiger partial charge in [-0.2, -0.15) is 0 Å². The zero-order valence-corrected chi connectivity index (χ0v) is 17.3. The summed E-state index contributed by atoms with van der Waals surface area (Å²) in [6, 6.07) is 10.5. The fourth-order valence-corrected chi connectivity index (χ4v) is 4.45. The second-order valence-electron chi connectivity index (χ2n) is 6.44. The maximum absolute atomic E-state index is 12.8. The van der Waals surface area contributed by atoms with Crippen LogP contribution in [0.4, 0.5) is 0 Å². The molecule has 0 radical (unpaired) electrons. The van der Waals surface area contributed by atoms with Crippen LogP contribution in [0, 0.1) is 13.8 Å². The van der Waals surface area contributed by atoms with Crippen molar-refractivity contribution in [2.45, 2.75) is 24.8 Å². The number of nitrogens with zero attached hydrogens (tertiary/aromatic N) is 1. The summed E-state index contributed by atoms with van der Waals surface area (Å²) in [5, 5.41) is 0.613. The smallest absolute Gasteiger partial charge is 0.240 e. The van der Waals surface area contributed by atoms with E-state index in [9.17, 15) is 8.42 Å². The van der Waals surface area contributed by atoms with Gasteiger partial charge < -0.3 is 9.64 Å². The van der Waals surface area contributed by atoms with Crippen LogP contribution in [-0.2, 0) is 10.0 Å². The molecule has 142 valence electrons. The first-order valence-electron chi connectivity index (χ1n) is 8.23. The minimum atomic E-state index is -3.65. The topological polar surface area (TPSA) is 58.6 Å². The maximum Gasteiger partial charge on any atom is 0.240 e. The minimum absolute atomic E-state index is 0.182. The van der Waals surface area contributed by atoms with E-state index in [2.05, 4.69) is 4.72 Å². The Labute approximate surface area is 161 Å². The average molecular weight is 397 g/mol. The highest BCUT2D eigenvalue weighted by molar-refractivity contribution is 7.89. The molecule has 0 heterocycles. The number of rotatable bonds is 7. The van der Waals surface area contributed by atoms with Crippen LogP contribution in [0.1, 0.15) is 22.7 Å². The molecule has 26 heavy (non-hydrogen) atoms. The molecule has 2 aromatic carbocycles. The van der Waals surface area contributed by atoms with E-state index in [0.29, 0.717) is 10.8 Å². The first-order valence-corrected chi connectivity index (χ1v) is 10.1. The molecule has 0 saturated carbocycles. The Hall–Kier alpha value is -1.60. The summed E-state index contributed by atoms with van der Waals surface area (Å²) in [6.07, 6.45) is 0. The van der Waals surface area contributed by atoms with Gasteiger partial charge in [0.05, 0.1) is 12.0 Å². The Bertz CT molecular complexity index is 859. The molecule has 1 unspecified atom stereocenters. The van der Waals surface area contributed by atoms with Crippen molar-refractivity contribution in [3.05, 3.63) is 58.1 Å². The molecule has 2 rings (SSSR count). The second kappa shape index (κ2) is 8.39. The van der Waals surface area contributed by atoms with Gasteiger partial charge in [0.15, 0.2) is 0 Å². The van der Waals surface area contributed by atoms with E-state index in [1.807, 2.05) is 51.0 Å². The van der Waals surface area contributed by atoms with E-state index in [4.69, 9.17) is 16.3 Å². The number of hydrogen-bond donors (Lipinski definition) is 1. The molecule has 0 aliphatic rings. The number of nitrogens with one attached hydrogen (secondary N) is 1. The Morgan fingerprint density at radius 2 is 1.73 bits per heavy atom. The molecule has 0 aromatic heterocycles. The monoisotopic (exact) mass is 396 g/mol. The molecule has 0 spiro atoms. The summed E-state index contributed by atoms with van der Waals surface area (Å²) >= 11 is 6.29. The lowest BCUT2D eigenvalue weighted by molar-refractivity contribution is 0.299. The summed E-state index contributed by atoms with van der Waals surface area (Å²) in [5.41, 5.74) is 2.44. The lowest BCUT2D eigenvalue weighted by Gasteiger charge is -2.26. The Morgan fingerprint density at radius 1 is 1.15 bits per heavy atom. The highest BCUT2D eigenvalue weighted by Crippen LogP contribution is 2.28. The van der Waals surface area contributed by atoms with Gasteiger partial charge in [-0.25, -0.2) is 13.1 Å². The molecule has 1 atom stereocenters. The number of sulfonamides is 1. The molecule has 7 heteroatoms. The summed E-state index contributed by atoms with van der Waals surface area (Å²) in [5.74, 6) is 0.700. The molecule has 5 nitrogen and oxygen atoms in total. The predicted molar refractivity (Wildman–Crippen MR) is 106 cm³/mol. The standard InChI is InChI=1S/C19H25ClN2O3S/c1-13-10-15(11-14(2)19(13)25-5)26(23,24)21-12-18(22(3)4)16-8-6-7-9-17(16)20/h6-11,18,21H,12H2,1-5H3. The van der Waals surface area contributed by atoms with Gasteiger partial charge in [0, 0.05) is 17.6 Å². The van der Waals surface area contributed by atoms with E-state index in [0.717, 1.165) is 16.7 Å². The first-order chi connectivity index (χ1) is 12.2. The van der Waals surface area contributed by atoms with Gasteiger partial charge in [-0.1, -0.05) is 29.8 Å². The SMILES string of the molecule is COc1c(C)cc(S(=O)(=O)NCC(c2ccccc2Cl)N(C)C)cc1C. The molecular formula is C19H25ClN2O3S.